The monoisotopic (exact) mass is 308 g/mol. The minimum absolute atomic E-state index is 0.0646. The van der Waals surface area contributed by atoms with Gasteiger partial charge in [-0.15, -0.1) is 11.3 Å². The predicted molar refractivity (Wildman–Crippen MR) is 61.7 cm³/mol. The van der Waals surface area contributed by atoms with E-state index in [1.807, 2.05) is 0 Å². The fourth-order valence-electron chi connectivity index (χ4n) is 1.22. The molecule has 0 saturated heterocycles. The van der Waals surface area contributed by atoms with Crippen molar-refractivity contribution in [3.8, 4) is 0 Å². The highest BCUT2D eigenvalue weighted by atomic mass is 32.2. The summed E-state index contributed by atoms with van der Waals surface area (Å²) < 4.78 is 52.9. The molecule has 0 aliphatic heterocycles. The van der Waals surface area contributed by atoms with Crippen LogP contribution >= 0.6 is 23.1 Å². The fourth-order valence-corrected chi connectivity index (χ4v) is 3.18. The molecule has 2 aromatic rings. The average molecular weight is 308 g/mol. The Morgan fingerprint density at radius 3 is 2.16 bits per heavy atom. The number of carboxylic acids is 1. The van der Waals surface area contributed by atoms with Crippen molar-refractivity contribution in [3.63, 3.8) is 0 Å². The summed E-state index contributed by atoms with van der Waals surface area (Å²) in [4.78, 5) is 9.80. The molecule has 0 radical (unpaired) electrons. The van der Waals surface area contributed by atoms with E-state index in [0.717, 1.165) is 11.3 Å². The van der Waals surface area contributed by atoms with Crippen LogP contribution in [0.25, 0.3) is 0 Å². The first kappa shape index (κ1) is 13.9. The van der Waals surface area contributed by atoms with E-state index in [0.29, 0.717) is 11.8 Å². The lowest BCUT2D eigenvalue weighted by atomic mass is 10.3. The molecule has 100 valence electrons. The minimum atomic E-state index is -1.51. The zero-order valence-electron chi connectivity index (χ0n) is 8.92. The quantitative estimate of drug-likeness (QED) is 0.683. The van der Waals surface area contributed by atoms with Crippen LogP contribution in [0.1, 0.15) is 10.4 Å². The number of carboxylic acid groups (broad SMARTS) is 1. The zero-order valence-corrected chi connectivity index (χ0v) is 10.5. The second-order valence-corrected chi connectivity index (χ2v) is 5.58. The van der Waals surface area contributed by atoms with Crippen LogP contribution in [0, 0.1) is 23.3 Å². The lowest BCUT2D eigenvalue weighted by Gasteiger charge is -2.04. The van der Waals surface area contributed by atoms with Crippen molar-refractivity contribution < 1.29 is 27.5 Å². The third-order valence-electron chi connectivity index (χ3n) is 2.10. The summed E-state index contributed by atoms with van der Waals surface area (Å²) >= 11 is 1.34. The summed E-state index contributed by atoms with van der Waals surface area (Å²) in [6.07, 6.45) is 0. The van der Waals surface area contributed by atoms with Gasteiger partial charge in [0.15, 0.2) is 23.3 Å². The molecule has 1 heterocycles. The van der Waals surface area contributed by atoms with Gasteiger partial charge >= 0.3 is 5.97 Å². The Kier molecular flexibility index (Phi) is 3.81. The highest BCUT2D eigenvalue weighted by Gasteiger charge is 2.21. The molecule has 0 unspecified atom stereocenters. The predicted octanol–water partition coefficient (Wildman–Crippen LogP) is 4.15. The number of thiophene rings is 1. The van der Waals surface area contributed by atoms with Crippen molar-refractivity contribution >= 4 is 29.1 Å². The molecule has 2 nitrogen and oxygen atoms in total. The second kappa shape index (κ2) is 5.22. The first-order valence-electron chi connectivity index (χ1n) is 4.73. The fraction of sp³-hybridized carbons (Fsp3) is 0. The van der Waals surface area contributed by atoms with Crippen LogP contribution in [0.3, 0.4) is 0 Å². The number of rotatable bonds is 3. The Bertz CT molecular complexity index is 628. The summed E-state index contributed by atoms with van der Waals surface area (Å²) in [6.45, 7) is 0. The maximum absolute atomic E-state index is 13.4. The molecule has 0 aliphatic rings. The molecule has 0 bridgehead atoms. The van der Waals surface area contributed by atoms with Crippen LogP contribution < -0.4 is 0 Å². The van der Waals surface area contributed by atoms with Crippen LogP contribution in [-0.2, 0) is 0 Å². The van der Waals surface area contributed by atoms with Crippen molar-refractivity contribution in [2.24, 2.45) is 0 Å². The standard InChI is InChI=1S/C11H4F4O2S2/c12-5-2-6(13)9(15)10(8(5)14)19-7-1-4(3-18-7)11(16)17/h1-3H,(H,16,17). The van der Waals surface area contributed by atoms with Gasteiger partial charge in [0.05, 0.1) is 14.7 Å². The summed E-state index contributed by atoms with van der Waals surface area (Å²) in [5.41, 5.74) is -0.0646. The van der Waals surface area contributed by atoms with Gasteiger partial charge in [0.25, 0.3) is 0 Å². The molecule has 0 saturated carbocycles. The van der Waals surface area contributed by atoms with Crippen molar-refractivity contribution in [2.45, 2.75) is 9.10 Å². The van der Waals surface area contributed by atoms with Crippen LogP contribution in [0.15, 0.2) is 26.6 Å². The van der Waals surface area contributed by atoms with Gasteiger partial charge in [-0.2, -0.15) is 0 Å². The van der Waals surface area contributed by atoms with Crippen LogP contribution in [0.2, 0.25) is 0 Å². The second-order valence-electron chi connectivity index (χ2n) is 3.36. The van der Waals surface area contributed by atoms with Crippen molar-refractivity contribution in [1.29, 1.82) is 0 Å². The molecular weight excluding hydrogens is 304 g/mol. The number of halogens is 4. The minimum Gasteiger partial charge on any atom is -0.478 e. The molecule has 8 heteroatoms. The van der Waals surface area contributed by atoms with Gasteiger partial charge in [0, 0.05) is 11.4 Å². The van der Waals surface area contributed by atoms with Crippen LogP contribution in [0.5, 0.6) is 0 Å². The average Bonchev–Trinajstić information content (AvgIpc) is 2.81. The number of hydrogen-bond acceptors (Lipinski definition) is 3. The number of aromatic carboxylic acids is 1. The number of benzene rings is 1. The van der Waals surface area contributed by atoms with E-state index >= 15 is 0 Å². The topological polar surface area (TPSA) is 37.3 Å². The van der Waals surface area contributed by atoms with Gasteiger partial charge in [-0.05, 0) is 6.07 Å². The van der Waals surface area contributed by atoms with Gasteiger partial charge in [-0.1, -0.05) is 11.8 Å². The summed E-state index contributed by atoms with van der Waals surface area (Å²) in [6, 6.07) is 1.28. The summed E-state index contributed by atoms with van der Waals surface area (Å²) in [7, 11) is 0. The largest absolute Gasteiger partial charge is 0.478 e. The lowest BCUT2D eigenvalue weighted by Crippen LogP contribution is -1.96. The Hall–Kier alpha value is -1.54. The Balaban J connectivity index is 2.40. The third-order valence-corrected chi connectivity index (χ3v) is 4.24. The molecule has 0 aliphatic carbocycles. The van der Waals surface area contributed by atoms with Gasteiger partial charge in [-0.3, -0.25) is 0 Å². The Labute approximate surface area is 112 Å². The molecule has 0 amide bonds. The Morgan fingerprint density at radius 2 is 1.68 bits per heavy atom. The van der Waals surface area contributed by atoms with E-state index in [1.165, 1.54) is 11.4 Å². The van der Waals surface area contributed by atoms with Gasteiger partial charge < -0.3 is 5.11 Å². The highest BCUT2D eigenvalue weighted by molar-refractivity contribution is 8.01. The normalized spacial score (nSPS) is 10.7. The Morgan fingerprint density at radius 1 is 1.11 bits per heavy atom. The van der Waals surface area contributed by atoms with E-state index in [1.54, 1.807) is 0 Å². The van der Waals surface area contributed by atoms with E-state index in [-0.39, 0.29) is 15.8 Å². The highest BCUT2D eigenvalue weighted by Crippen LogP contribution is 2.37. The molecule has 0 spiro atoms. The molecule has 2 rings (SSSR count). The van der Waals surface area contributed by atoms with Crippen molar-refractivity contribution in [2.75, 3.05) is 0 Å². The van der Waals surface area contributed by atoms with E-state index in [9.17, 15) is 22.4 Å². The SMILES string of the molecule is O=C(O)c1csc(Sc2c(F)c(F)cc(F)c2F)c1. The first-order valence-corrected chi connectivity index (χ1v) is 6.42. The number of carbonyl (C=O) groups is 1. The molecule has 1 aromatic carbocycles. The van der Waals surface area contributed by atoms with E-state index < -0.39 is 34.1 Å². The molecule has 1 N–H and O–H groups in total. The molecule has 0 fully saturated rings. The van der Waals surface area contributed by atoms with E-state index in [2.05, 4.69) is 0 Å². The third kappa shape index (κ3) is 2.74. The molecule has 19 heavy (non-hydrogen) atoms. The number of hydrogen-bond donors (Lipinski definition) is 1. The van der Waals surface area contributed by atoms with Gasteiger partial charge in [0.1, 0.15) is 0 Å². The summed E-state index contributed by atoms with van der Waals surface area (Å²) in [5.74, 6) is -7.22. The van der Waals surface area contributed by atoms with Gasteiger partial charge in [0.2, 0.25) is 0 Å². The van der Waals surface area contributed by atoms with E-state index in [4.69, 9.17) is 5.11 Å². The molecule has 1 aromatic heterocycles. The molecular formula is C11H4F4O2S2. The molecule has 0 atom stereocenters. The first-order chi connectivity index (χ1) is 8.90. The maximum atomic E-state index is 13.4. The smallest absolute Gasteiger partial charge is 0.336 e. The maximum Gasteiger partial charge on any atom is 0.336 e. The van der Waals surface area contributed by atoms with Crippen LogP contribution in [0.4, 0.5) is 17.6 Å². The summed E-state index contributed by atoms with van der Waals surface area (Å²) in [5, 5.41) is 9.95. The zero-order chi connectivity index (χ0) is 14.2. The van der Waals surface area contributed by atoms with Crippen molar-refractivity contribution in [1.82, 2.24) is 0 Å². The van der Waals surface area contributed by atoms with Crippen LogP contribution in [-0.4, -0.2) is 11.1 Å². The lowest BCUT2D eigenvalue weighted by molar-refractivity contribution is 0.0697. The van der Waals surface area contributed by atoms with Gasteiger partial charge in [-0.25, -0.2) is 22.4 Å². The van der Waals surface area contributed by atoms with Crippen molar-refractivity contribution in [3.05, 3.63) is 46.3 Å².